The van der Waals surface area contributed by atoms with Gasteiger partial charge >= 0.3 is 0 Å². The van der Waals surface area contributed by atoms with Gasteiger partial charge in [0.25, 0.3) is 0 Å². The van der Waals surface area contributed by atoms with Gasteiger partial charge in [0.05, 0.1) is 19.2 Å². The number of ether oxygens (including phenoxy) is 2. The number of nitrogens with one attached hydrogen (secondary N) is 2. The first kappa shape index (κ1) is 25.7. The number of likely N-dealkylation sites (tertiary alicyclic amines) is 1. The van der Waals surface area contributed by atoms with Gasteiger partial charge in [0.15, 0.2) is 5.96 Å². The van der Waals surface area contributed by atoms with Crippen LogP contribution in [0.4, 0.5) is 0 Å². The second kappa shape index (κ2) is 13.1. The summed E-state index contributed by atoms with van der Waals surface area (Å²) in [5, 5.41) is 8.16. The topological polar surface area (TPSA) is 71.0 Å². The number of aryl methyl sites for hydroxylation is 1. The van der Waals surface area contributed by atoms with Crippen LogP contribution in [0.3, 0.4) is 0 Å². The minimum Gasteiger partial charge on any atom is -0.497 e. The summed E-state index contributed by atoms with van der Waals surface area (Å²) in [7, 11) is 5.19. The van der Waals surface area contributed by atoms with Gasteiger partial charge in [0.1, 0.15) is 11.5 Å². The van der Waals surface area contributed by atoms with Crippen molar-refractivity contribution in [1.82, 2.24) is 20.5 Å². The van der Waals surface area contributed by atoms with E-state index in [1.165, 1.54) is 15.4 Å². The van der Waals surface area contributed by atoms with E-state index < -0.39 is 0 Å². The van der Waals surface area contributed by atoms with Gasteiger partial charge < -0.3 is 20.1 Å². The lowest BCUT2D eigenvalue weighted by molar-refractivity contribution is 0.321. The average Bonchev–Trinajstić information content (AvgIpc) is 3.41. The number of benzene rings is 1. The van der Waals surface area contributed by atoms with Crippen molar-refractivity contribution in [1.29, 1.82) is 0 Å². The molecule has 0 spiro atoms. The fourth-order valence-electron chi connectivity index (χ4n) is 3.61. The summed E-state index contributed by atoms with van der Waals surface area (Å²) in [5.41, 5.74) is 1.20. The van der Waals surface area contributed by atoms with Crippen LogP contribution >= 0.6 is 35.3 Å². The lowest BCUT2D eigenvalue weighted by Gasteiger charge is -2.19. The molecule has 9 heteroatoms. The van der Waals surface area contributed by atoms with E-state index >= 15 is 0 Å². The predicted molar refractivity (Wildman–Crippen MR) is 138 cm³/mol. The Balaban J connectivity index is 0.00000341. The van der Waals surface area contributed by atoms with Crippen molar-refractivity contribution in [3.8, 4) is 11.5 Å². The van der Waals surface area contributed by atoms with E-state index in [0.29, 0.717) is 6.04 Å². The van der Waals surface area contributed by atoms with Crippen LogP contribution in [0, 0.1) is 0 Å². The maximum Gasteiger partial charge on any atom is 0.191 e. The molecule has 172 valence electrons. The minimum atomic E-state index is 0. The van der Waals surface area contributed by atoms with E-state index in [4.69, 9.17) is 9.47 Å². The molecule has 1 aliphatic rings. The lowest BCUT2D eigenvalue weighted by atomic mass is 10.2. The summed E-state index contributed by atoms with van der Waals surface area (Å²) in [5.74, 6) is 2.51. The van der Waals surface area contributed by atoms with E-state index in [1.54, 1.807) is 25.6 Å². The molecule has 2 heterocycles. The van der Waals surface area contributed by atoms with E-state index in [1.807, 2.05) is 19.3 Å². The smallest absolute Gasteiger partial charge is 0.191 e. The highest BCUT2D eigenvalue weighted by atomic mass is 127. The van der Waals surface area contributed by atoms with Gasteiger partial charge in [-0.3, -0.25) is 9.89 Å². The Labute approximate surface area is 206 Å². The van der Waals surface area contributed by atoms with Gasteiger partial charge in [0, 0.05) is 62.8 Å². The summed E-state index contributed by atoms with van der Waals surface area (Å²) < 4.78 is 10.8. The average molecular weight is 560 g/mol. The number of aromatic nitrogens is 1. The second-order valence-corrected chi connectivity index (χ2v) is 8.61. The Kier molecular flexibility index (Phi) is 10.8. The van der Waals surface area contributed by atoms with Crippen molar-refractivity contribution < 1.29 is 9.47 Å². The molecule has 3 rings (SSSR count). The number of thiazole rings is 1. The summed E-state index contributed by atoms with van der Waals surface area (Å²) in [4.78, 5) is 12.7. The number of hydrogen-bond donors (Lipinski definition) is 2. The molecule has 1 unspecified atom stereocenters. The van der Waals surface area contributed by atoms with Crippen molar-refractivity contribution in [3.63, 3.8) is 0 Å². The van der Waals surface area contributed by atoms with Gasteiger partial charge in [-0.25, -0.2) is 4.98 Å². The van der Waals surface area contributed by atoms with Crippen molar-refractivity contribution in [2.45, 2.75) is 38.8 Å². The molecule has 0 radical (unpaired) electrons. The fraction of sp³-hybridized carbons (Fsp3) is 0.545. The molecule has 1 fully saturated rings. The first-order valence-electron chi connectivity index (χ1n) is 10.5. The third-order valence-corrected chi connectivity index (χ3v) is 6.44. The quantitative estimate of drug-likeness (QED) is 0.279. The number of rotatable bonds is 9. The fourth-order valence-corrected chi connectivity index (χ4v) is 4.47. The highest BCUT2D eigenvalue weighted by Crippen LogP contribution is 2.24. The van der Waals surface area contributed by atoms with Crippen LogP contribution < -0.4 is 20.1 Å². The highest BCUT2D eigenvalue weighted by molar-refractivity contribution is 14.0. The Bertz CT molecular complexity index is 823. The first-order chi connectivity index (χ1) is 14.6. The molecular weight excluding hydrogens is 525 g/mol. The predicted octanol–water partition coefficient (Wildman–Crippen LogP) is 3.32. The molecular formula is C22H34IN5O2S. The van der Waals surface area contributed by atoms with Gasteiger partial charge in [-0.2, -0.15) is 0 Å². The molecule has 31 heavy (non-hydrogen) atoms. The Morgan fingerprint density at radius 1 is 1.26 bits per heavy atom. The third-order valence-electron chi connectivity index (χ3n) is 5.24. The van der Waals surface area contributed by atoms with Crippen molar-refractivity contribution >= 4 is 41.3 Å². The van der Waals surface area contributed by atoms with Crippen LogP contribution in [0.1, 0.15) is 28.8 Å². The largest absolute Gasteiger partial charge is 0.497 e. The molecule has 1 atom stereocenters. The standard InChI is InChI=1S/C22H33N5O2S.HI/c1-5-20-13-25-21(30-20)6-8-24-22(23-2)26-17-7-9-27(15-17)14-16-10-18(28-3)12-19(11-16)29-4;/h10-13,17H,5-9,14-15H2,1-4H3,(H2,23,24,26);1H. The van der Waals surface area contributed by atoms with Crippen LogP contribution in [-0.4, -0.2) is 62.8 Å². The van der Waals surface area contributed by atoms with Crippen LogP contribution in [-0.2, 0) is 19.4 Å². The second-order valence-electron chi connectivity index (χ2n) is 7.41. The molecule has 0 saturated carbocycles. The number of halogens is 1. The van der Waals surface area contributed by atoms with Crippen LogP contribution in [0.25, 0.3) is 0 Å². The summed E-state index contributed by atoms with van der Waals surface area (Å²) in [6.07, 6.45) is 5.04. The third kappa shape index (κ3) is 7.80. The highest BCUT2D eigenvalue weighted by Gasteiger charge is 2.23. The molecule has 2 aromatic rings. The molecule has 0 aliphatic carbocycles. The molecule has 0 amide bonds. The summed E-state index contributed by atoms with van der Waals surface area (Å²) in [6.45, 7) is 5.90. The van der Waals surface area contributed by atoms with Gasteiger partial charge in [-0.05, 0) is 30.5 Å². The number of nitrogens with zero attached hydrogens (tertiary/aromatic N) is 3. The van der Waals surface area contributed by atoms with Crippen LogP contribution in [0.2, 0.25) is 0 Å². The number of hydrogen-bond acceptors (Lipinski definition) is 6. The molecule has 7 nitrogen and oxygen atoms in total. The zero-order valence-corrected chi connectivity index (χ0v) is 22.0. The monoisotopic (exact) mass is 559 g/mol. The lowest BCUT2D eigenvalue weighted by Crippen LogP contribution is -2.45. The maximum atomic E-state index is 5.39. The first-order valence-corrected chi connectivity index (χ1v) is 11.3. The molecule has 0 bridgehead atoms. The zero-order chi connectivity index (χ0) is 21.3. The van der Waals surface area contributed by atoms with Crippen molar-refractivity contribution in [3.05, 3.63) is 39.8 Å². The number of aliphatic imine (C=N–C) groups is 1. The van der Waals surface area contributed by atoms with Gasteiger partial charge in [-0.15, -0.1) is 35.3 Å². The van der Waals surface area contributed by atoms with Gasteiger partial charge in [-0.1, -0.05) is 6.92 Å². The van der Waals surface area contributed by atoms with Crippen LogP contribution in [0.5, 0.6) is 11.5 Å². The van der Waals surface area contributed by atoms with Crippen LogP contribution in [0.15, 0.2) is 29.4 Å². The minimum absolute atomic E-state index is 0. The zero-order valence-electron chi connectivity index (χ0n) is 18.8. The Hall–Kier alpha value is -1.59. The molecule has 1 aromatic heterocycles. The summed E-state index contributed by atoms with van der Waals surface area (Å²) in [6, 6.07) is 6.44. The number of methoxy groups -OCH3 is 2. The van der Waals surface area contributed by atoms with E-state index in [-0.39, 0.29) is 24.0 Å². The summed E-state index contributed by atoms with van der Waals surface area (Å²) >= 11 is 1.80. The van der Waals surface area contributed by atoms with Crippen molar-refractivity contribution in [2.75, 3.05) is 40.9 Å². The molecule has 2 N–H and O–H groups in total. The normalized spacial score (nSPS) is 16.6. The number of guanidine groups is 1. The Morgan fingerprint density at radius 2 is 2.00 bits per heavy atom. The van der Waals surface area contributed by atoms with Gasteiger partial charge in [0.2, 0.25) is 0 Å². The molecule has 1 saturated heterocycles. The Morgan fingerprint density at radius 3 is 2.61 bits per heavy atom. The van der Waals surface area contributed by atoms with E-state index in [2.05, 4.69) is 44.6 Å². The molecule has 1 aromatic carbocycles. The van der Waals surface area contributed by atoms with Crippen molar-refractivity contribution in [2.24, 2.45) is 4.99 Å². The maximum absolute atomic E-state index is 5.39. The van der Waals surface area contributed by atoms with E-state index in [9.17, 15) is 0 Å². The molecule has 1 aliphatic heterocycles. The van der Waals surface area contributed by atoms with E-state index in [0.717, 1.165) is 62.9 Å². The SMILES string of the molecule is CCc1cnc(CCNC(=NC)NC2CCN(Cc3cc(OC)cc(OC)c3)C2)s1.I.